The summed E-state index contributed by atoms with van der Waals surface area (Å²) in [4.78, 5) is 0. The zero-order valence-corrected chi connectivity index (χ0v) is 12.2. The number of hydrogen-bond donors (Lipinski definition) is 1. The monoisotopic (exact) mass is 271 g/mol. The molecule has 20 heavy (non-hydrogen) atoms. The molecule has 0 radical (unpaired) electrons. The van der Waals surface area contributed by atoms with Gasteiger partial charge in [0.1, 0.15) is 5.75 Å². The van der Waals surface area contributed by atoms with E-state index in [1.54, 1.807) is 7.11 Å². The zero-order valence-electron chi connectivity index (χ0n) is 12.2. The normalized spacial score (nSPS) is 12.0. The van der Waals surface area contributed by atoms with Crippen LogP contribution < -0.4 is 15.2 Å². The van der Waals surface area contributed by atoms with Crippen LogP contribution >= 0.6 is 0 Å². The van der Waals surface area contributed by atoms with Crippen molar-refractivity contribution >= 4 is 0 Å². The van der Waals surface area contributed by atoms with Crippen LogP contribution in [0.1, 0.15) is 30.5 Å². The molecule has 0 bridgehead atoms. The number of hydrogen-bond acceptors (Lipinski definition) is 3. The summed E-state index contributed by atoms with van der Waals surface area (Å²) in [6.45, 7) is 4.08. The highest BCUT2D eigenvalue weighted by molar-refractivity contribution is 5.47. The van der Waals surface area contributed by atoms with Crippen LogP contribution in [0.4, 0.5) is 0 Å². The van der Waals surface area contributed by atoms with Gasteiger partial charge in [-0.25, -0.2) is 0 Å². The summed E-state index contributed by atoms with van der Waals surface area (Å²) >= 11 is 0. The van der Waals surface area contributed by atoms with Crippen molar-refractivity contribution in [2.75, 3.05) is 7.11 Å². The van der Waals surface area contributed by atoms with E-state index in [-0.39, 0.29) is 6.04 Å². The molecule has 3 heteroatoms. The van der Waals surface area contributed by atoms with E-state index in [2.05, 4.69) is 6.92 Å². The molecule has 2 aromatic carbocycles. The van der Waals surface area contributed by atoms with Crippen LogP contribution in [-0.4, -0.2) is 7.11 Å². The molecule has 3 nitrogen and oxygen atoms in total. The van der Waals surface area contributed by atoms with Crippen molar-refractivity contribution in [1.29, 1.82) is 0 Å². The smallest absolute Gasteiger partial charge is 0.169 e. The van der Waals surface area contributed by atoms with Crippen LogP contribution in [-0.2, 0) is 0 Å². The predicted octanol–water partition coefficient (Wildman–Crippen LogP) is 4.21. The van der Waals surface area contributed by atoms with E-state index in [0.717, 1.165) is 29.0 Å². The van der Waals surface area contributed by atoms with Crippen LogP contribution in [0.15, 0.2) is 42.5 Å². The van der Waals surface area contributed by atoms with Gasteiger partial charge >= 0.3 is 0 Å². The van der Waals surface area contributed by atoms with Crippen LogP contribution in [0.25, 0.3) is 0 Å². The van der Waals surface area contributed by atoms with Crippen LogP contribution in [0.3, 0.4) is 0 Å². The molecule has 2 aromatic rings. The van der Waals surface area contributed by atoms with Gasteiger partial charge in [0.15, 0.2) is 11.5 Å². The van der Waals surface area contributed by atoms with Gasteiger partial charge in [-0.2, -0.15) is 0 Å². The van der Waals surface area contributed by atoms with Gasteiger partial charge in [0.05, 0.1) is 7.11 Å². The molecule has 0 spiro atoms. The molecule has 0 unspecified atom stereocenters. The molecule has 2 N–H and O–H groups in total. The third kappa shape index (κ3) is 3.11. The van der Waals surface area contributed by atoms with Gasteiger partial charge in [-0.05, 0) is 37.1 Å². The van der Waals surface area contributed by atoms with Crippen molar-refractivity contribution in [3.05, 3.63) is 53.6 Å². The third-order valence-corrected chi connectivity index (χ3v) is 3.30. The van der Waals surface area contributed by atoms with E-state index in [4.69, 9.17) is 15.2 Å². The first-order chi connectivity index (χ1) is 9.65. The molecule has 0 aliphatic heterocycles. The Hall–Kier alpha value is -2.00. The first-order valence-electron chi connectivity index (χ1n) is 6.82. The number of nitrogens with two attached hydrogens (primary N) is 1. The van der Waals surface area contributed by atoms with Crippen molar-refractivity contribution in [3.63, 3.8) is 0 Å². The second kappa shape index (κ2) is 6.44. The molecular formula is C17H21NO2. The lowest BCUT2D eigenvalue weighted by molar-refractivity contribution is 0.376. The van der Waals surface area contributed by atoms with Gasteiger partial charge < -0.3 is 15.2 Å². The first-order valence-corrected chi connectivity index (χ1v) is 6.82. The Bertz CT molecular complexity index is 581. The highest BCUT2D eigenvalue weighted by Crippen LogP contribution is 2.35. The standard InChI is InChI=1S/C17H21NO2/c1-4-14(18)13-7-5-6-8-15(13)20-16-10-9-12(2)11-17(16)19-3/h5-11,14H,4,18H2,1-3H3/t14-/m1/s1. The first kappa shape index (κ1) is 14.4. The van der Waals surface area contributed by atoms with Gasteiger partial charge in [-0.3, -0.25) is 0 Å². The number of methoxy groups -OCH3 is 1. The highest BCUT2D eigenvalue weighted by Gasteiger charge is 2.12. The summed E-state index contributed by atoms with van der Waals surface area (Å²) in [5.41, 5.74) is 8.28. The molecule has 0 aromatic heterocycles. The average Bonchev–Trinajstić information content (AvgIpc) is 2.48. The van der Waals surface area contributed by atoms with Gasteiger partial charge in [-0.15, -0.1) is 0 Å². The fourth-order valence-corrected chi connectivity index (χ4v) is 2.08. The SMILES string of the molecule is CC[C@@H](N)c1ccccc1Oc1ccc(C)cc1OC. The zero-order chi connectivity index (χ0) is 14.5. The Morgan fingerprint density at radius 2 is 1.80 bits per heavy atom. The fourth-order valence-electron chi connectivity index (χ4n) is 2.08. The minimum atomic E-state index is -0.0253. The molecule has 0 saturated heterocycles. The summed E-state index contributed by atoms with van der Waals surface area (Å²) < 4.78 is 11.4. The number of benzene rings is 2. The maximum Gasteiger partial charge on any atom is 0.169 e. The molecule has 0 aliphatic carbocycles. The number of ether oxygens (including phenoxy) is 2. The van der Waals surface area contributed by atoms with Gasteiger partial charge in [-0.1, -0.05) is 31.2 Å². The lowest BCUT2D eigenvalue weighted by atomic mass is 10.0. The van der Waals surface area contributed by atoms with Crippen molar-refractivity contribution in [2.45, 2.75) is 26.3 Å². The Balaban J connectivity index is 2.35. The summed E-state index contributed by atoms with van der Waals surface area (Å²) in [6, 6.07) is 13.7. The van der Waals surface area contributed by atoms with Gasteiger partial charge in [0, 0.05) is 11.6 Å². The van der Waals surface area contributed by atoms with Crippen LogP contribution in [0.2, 0.25) is 0 Å². The Morgan fingerprint density at radius 3 is 2.50 bits per heavy atom. The minimum Gasteiger partial charge on any atom is -0.493 e. The Kier molecular flexibility index (Phi) is 4.64. The molecule has 0 amide bonds. The van der Waals surface area contributed by atoms with Crippen LogP contribution in [0.5, 0.6) is 17.2 Å². The molecular weight excluding hydrogens is 250 g/mol. The van der Waals surface area contributed by atoms with Crippen LogP contribution in [0, 0.1) is 6.92 Å². The second-order valence-corrected chi connectivity index (χ2v) is 4.81. The summed E-state index contributed by atoms with van der Waals surface area (Å²) in [5.74, 6) is 2.21. The van der Waals surface area contributed by atoms with Crippen molar-refractivity contribution in [3.8, 4) is 17.2 Å². The van der Waals surface area contributed by atoms with E-state index >= 15 is 0 Å². The summed E-state index contributed by atoms with van der Waals surface area (Å²) in [6.07, 6.45) is 0.866. The maximum absolute atomic E-state index is 6.13. The van der Waals surface area contributed by atoms with Crippen molar-refractivity contribution in [1.82, 2.24) is 0 Å². The lowest BCUT2D eigenvalue weighted by Gasteiger charge is -2.17. The number of rotatable bonds is 5. The van der Waals surface area contributed by atoms with Crippen molar-refractivity contribution < 1.29 is 9.47 Å². The molecule has 0 fully saturated rings. The van der Waals surface area contributed by atoms with E-state index < -0.39 is 0 Å². The molecule has 0 heterocycles. The Morgan fingerprint density at radius 1 is 1.05 bits per heavy atom. The summed E-state index contributed by atoms with van der Waals surface area (Å²) in [7, 11) is 1.64. The number of aryl methyl sites for hydroxylation is 1. The molecule has 2 rings (SSSR count). The number of para-hydroxylation sites is 1. The van der Waals surface area contributed by atoms with E-state index in [1.165, 1.54) is 0 Å². The van der Waals surface area contributed by atoms with E-state index in [9.17, 15) is 0 Å². The van der Waals surface area contributed by atoms with E-state index in [0.29, 0.717) is 5.75 Å². The Labute approximate surface area is 120 Å². The lowest BCUT2D eigenvalue weighted by Crippen LogP contribution is -2.09. The average molecular weight is 271 g/mol. The quantitative estimate of drug-likeness (QED) is 0.886. The third-order valence-electron chi connectivity index (χ3n) is 3.30. The highest BCUT2D eigenvalue weighted by atomic mass is 16.5. The molecule has 0 saturated carbocycles. The van der Waals surface area contributed by atoms with E-state index in [1.807, 2.05) is 49.4 Å². The topological polar surface area (TPSA) is 44.5 Å². The molecule has 1 atom stereocenters. The largest absolute Gasteiger partial charge is 0.493 e. The van der Waals surface area contributed by atoms with Gasteiger partial charge in [0.25, 0.3) is 0 Å². The molecule has 0 aliphatic rings. The second-order valence-electron chi connectivity index (χ2n) is 4.81. The van der Waals surface area contributed by atoms with Gasteiger partial charge in [0.2, 0.25) is 0 Å². The fraction of sp³-hybridized carbons (Fsp3) is 0.294. The predicted molar refractivity (Wildman–Crippen MR) is 81.5 cm³/mol. The van der Waals surface area contributed by atoms with Crippen molar-refractivity contribution in [2.24, 2.45) is 5.73 Å². The summed E-state index contributed by atoms with van der Waals surface area (Å²) in [5, 5.41) is 0. The molecule has 106 valence electrons. The maximum atomic E-state index is 6.13. The minimum absolute atomic E-state index is 0.0253.